The summed E-state index contributed by atoms with van der Waals surface area (Å²) in [4.78, 5) is 28.5. The maximum Gasteiger partial charge on any atom is 0.332 e. The zero-order chi connectivity index (χ0) is 13.0. The molecule has 0 amide bonds. The maximum atomic E-state index is 12.2. The number of nitrogens with zero attached hydrogens (tertiary/aromatic N) is 4. The molecule has 0 N–H and O–H groups in total. The van der Waals surface area contributed by atoms with Gasteiger partial charge in [-0.2, -0.15) is 0 Å². The van der Waals surface area contributed by atoms with Gasteiger partial charge in [-0.1, -0.05) is 6.42 Å². The summed E-state index contributed by atoms with van der Waals surface area (Å²) in [6, 6.07) is 0. The zero-order valence-corrected chi connectivity index (χ0v) is 10.8. The van der Waals surface area contributed by atoms with Gasteiger partial charge in [-0.3, -0.25) is 13.9 Å². The van der Waals surface area contributed by atoms with E-state index >= 15 is 0 Å². The minimum Gasteiger partial charge on any atom is -0.325 e. The Bertz CT molecular complexity index is 746. The largest absolute Gasteiger partial charge is 0.332 e. The third-order valence-corrected chi connectivity index (χ3v) is 3.98. The molecule has 1 aliphatic rings. The van der Waals surface area contributed by atoms with Crippen LogP contribution in [0.15, 0.2) is 9.59 Å². The van der Waals surface area contributed by atoms with Crippen molar-refractivity contribution >= 4 is 11.2 Å². The zero-order valence-electron chi connectivity index (χ0n) is 10.8. The fourth-order valence-electron chi connectivity index (χ4n) is 2.57. The Hall–Kier alpha value is -1.85. The van der Waals surface area contributed by atoms with Gasteiger partial charge in [-0.15, -0.1) is 0 Å². The number of rotatable bonds is 1. The summed E-state index contributed by atoms with van der Waals surface area (Å²) in [7, 11) is 5.01. The lowest BCUT2D eigenvalue weighted by Crippen LogP contribution is -2.37. The molecule has 3 rings (SSSR count). The van der Waals surface area contributed by atoms with Crippen LogP contribution in [0.5, 0.6) is 0 Å². The monoisotopic (exact) mass is 248 g/mol. The summed E-state index contributed by atoms with van der Waals surface area (Å²) in [5, 5.41) is 0. The molecule has 0 aromatic carbocycles. The molecule has 2 aromatic rings. The lowest BCUT2D eigenvalue weighted by Gasteiger charge is -2.24. The van der Waals surface area contributed by atoms with Crippen LogP contribution in [-0.2, 0) is 21.1 Å². The van der Waals surface area contributed by atoms with Crippen molar-refractivity contribution in [3.05, 3.63) is 26.7 Å². The average molecular weight is 248 g/mol. The standard InChI is InChI=1S/C12H16N4O2/c1-14-8-10(13-9(14)7-5-4-6-7)15(2)12(18)16(3)11(8)17/h7H,4-6H2,1-3H3. The van der Waals surface area contributed by atoms with Crippen LogP contribution in [-0.4, -0.2) is 18.7 Å². The highest BCUT2D eigenvalue weighted by Gasteiger charge is 2.26. The van der Waals surface area contributed by atoms with Crippen LogP contribution in [0.25, 0.3) is 11.2 Å². The molecule has 1 saturated carbocycles. The van der Waals surface area contributed by atoms with E-state index in [1.54, 1.807) is 7.05 Å². The van der Waals surface area contributed by atoms with Crippen LogP contribution in [0.2, 0.25) is 0 Å². The van der Waals surface area contributed by atoms with Crippen LogP contribution >= 0.6 is 0 Å². The molecule has 0 unspecified atom stereocenters. The fraction of sp³-hybridized carbons (Fsp3) is 0.583. The van der Waals surface area contributed by atoms with E-state index in [0.717, 1.165) is 23.2 Å². The van der Waals surface area contributed by atoms with Crippen molar-refractivity contribution < 1.29 is 0 Å². The highest BCUT2D eigenvalue weighted by Crippen LogP contribution is 2.36. The predicted octanol–water partition coefficient (Wildman–Crippen LogP) is 0.238. The Labute approximate surface area is 103 Å². The Balaban J connectivity index is 2.43. The molecule has 18 heavy (non-hydrogen) atoms. The van der Waals surface area contributed by atoms with E-state index in [9.17, 15) is 9.59 Å². The van der Waals surface area contributed by atoms with Crippen molar-refractivity contribution in [2.75, 3.05) is 0 Å². The Morgan fingerprint density at radius 2 is 1.72 bits per heavy atom. The number of hydrogen-bond acceptors (Lipinski definition) is 3. The molecular weight excluding hydrogens is 232 g/mol. The molecule has 0 spiro atoms. The summed E-state index contributed by atoms with van der Waals surface area (Å²) < 4.78 is 4.42. The van der Waals surface area contributed by atoms with E-state index < -0.39 is 0 Å². The van der Waals surface area contributed by atoms with Crippen molar-refractivity contribution in [3.8, 4) is 0 Å². The quantitative estimate of drug-likeness (QED) is 0.726. The number of aromatic nitrogens is 4. The van der Waals surface area contributed by atoms with Crippen LogP contribution < -0.4 is 11.2 Å². The van der Waals surface area contributed by atoms with Gasteiger partial charge in [0.2, 0.25) is 0 Å². The van der Waals surface area contributed by atoms with Crippen LogP contribution in [0.4, 0.5) is 0 Å². The third-order valence-electron chi connectivity index (χ3n) is 3.98. The second-order valence-corrected chi connectivity index (χ2v) is 5.03. The molecule has 2 heterocycles. The first-order valence-electron chi connectivity index (χ1n) is 6.14. The van der Waals surface area contributed by atoms with E-state index in [0.29, 0.717) is 17.1 Å². The summed E-state index contributed by atoms with van der Waals surface area (Å²) in [6.07, 6.45) is 3.45. The van der Waals surface area contributed by atoms with Crippen molar-refractivity contribution in [1.29, 1.82) is 0 Å². The molecule has 0 bridgehead atoms. The van der Waals surface area contributed by atoms with Gasteiger partial charge in [0, 0.05) is 27.1 Å². The summed E-state index contributed by atoms with van der Waals surface area (Å²) >= 11 is 0. The van der Waals surface area contributed by atoms with E-state index in [1.807, 2.05) is 11.6 Å². The summed E-state index contributed by atoms with van der Waals surface area (Å²) in [6.45, 7) is 0. The number of hydrogen-bond donors (Lipinski definition) is 0. The first-order chi connectivity index (χ1) is 8.52. The van der Waals surface area contributed by atoms with Gasteiger partial charge in [-0.05, 0) is 12.8 Å². The van der Waals surface area contributed by atoms with Gasteiger partial charge in [0.15, 0.2) is 11.2 Å². The molecule has 6 heteroatoms. The molecule has 1 aliphatic carbocycles. The van der Waals surface area contributed by atoms with Crippen molar-refractivity contribution in [2.24, 2.45) is 21.1 Å². The van der Waals surface area contributed by atoms with Crippen molar-refractivity contribution in [3.63, 3.8) is 0 Å². The van der Waals surface area contributed by atoms with Gasteiger partial charge in [-0.25, -0.2) is 9.78 Å². The molecule has 2 aromatic heterocycles. The molecule has 1 fully saturated rings. The van der Waals surface area contributed by atoms with E-state index in [-0.39, 0.29) is 11.2 Å². The van der Waals surface area contributed by atoms with Crippen LogP contribution in [0.3, 0.4) is 0 Å². The van der Waals surface area contributed by atoms with Crippen LogP contribution in [0, 0.1) is 0 Å². The molecular formula is C12H16N4O2. The third kappa shape index (κ3) is 1.26. The van der Waals surface area contributed by atoms with Gasteiger partial charge in [0.1, 0.15) is 5.82 Å². The summed E-state index contributed by atoms with van der Waals surface area (Å²) in [5.41, 5.74) is 0.411. The Morgan fingerprint density at radius 3 is 2.28 bits per heavy atom. The smallest absolute Gasteiger partial charge is 0.325 e. The summed E-state index contributed by atoms with van der Waals surface area (Å²) in [5.74, 6) is 1.36. The molecule has 0 radical (unpaired) electrons. The molecule has 0 saturated heterocycles. The number of imidazole rings is 1. The lowest BCUT2D eigenvalue weighted by molar-refractivity contribution is 0.394. The first-order valence-corrected chi connectivity index (χ1v) is 6.14. The average Bonchev–Trinajstić information content (AvgIpc) is 2.60. The SMILES string of the molecule is Cn1c(=O)c2c(nc(C3CCC3)n2C)n(C)c1=O. The second kappa shape index (κ2) is 3.57. The van der Waals surface area contributed by atoms with E-state index in [4.69, 9.17) is 0 Å². The highest BCUT2D eigenvalue weighted by atomic mass is 16.2. The molecule has 96 valence electrons. The van der Waals surface area contributed by atoms with Crippen molar-refractivity contribution in [2.45, 2.75) is 25.2 Å². The highest BCUT2D eigenvalue weighted by molar-refractivity contribution is 5.71. The van der Waals surface area contributed by atoms with E-state index in [2.05, 4.69) is 4.98 Å². The topological polar surface area (TPSA) is 61.8 Å². The first kappa shape index (κ1) is 11.3. The fourth-order valence-corrected chi connectivity index (χ4v) is 2.57. The lowest BCUT2D eigenvalue weighted by atomic mass is 9.85. The van der Waals surface area contributed by atoms with Gasteiger partial charge in [0.05, 0.1) is 0 Å². The van der Waals surface area contributed by atoms with Crippen molar-refractivity contribution in [1.82, 2.24) is 18.7 Å². The second-order valence-electron chi connectivity index (χ2n) is 5.03. The van der Waals surface area contributed by atoms with E-state index in [1.165, 1.54) is 18.0 Å². The van der Waals surface area contributed by atoms with Gasteiger partial charge >= 0.3 is 5.69 Å². The van der Waals surface area contributed by atoms with Gasteiger partial charge in [0.25, 0.3) is 5.56 Å². The predicted molar refractivity (Wildman–Crippen MR) is 67.8 cm³/mol. The molecule has 0 aliphatic heterocycles. The minimum absolute atomic E-state index is 0.270. The molecule has 0 atom stereocenters. The van der Waals surface area contributed by atoms with Gasteiger partial charge < -0.3 is 4.57 Å². The Kier molecular flexibility index (Phi) is 2.23. The minimum atomic E-state index is -0.328. The normalized spacial score (nSPS) is 16.2. The molecule has 6 nitrogen and oxygen atoms in total. The number of aryl methyl sites for hydroxylation is 2. The Morgan fingerprint density at radius 1 is 1.06 bits per heavy atom. The van der Waals surface area contributed by atoms with Crippen LogP contribution in [0.1, 0.15) is 31.0 Å². The number of fused-ring (bicyclic) bond motifs is 1. The maximum absolute atomic E-state index is 12.2.